The molecule has 0 spiro atoms. The van der Waals surface area contributed by atoms with Crippen LogP contribution in [-0.2, 0) is 9.47 Å². The van der Waals surface area contributed by atoms with E-state index in [1.165, 1.54) is 0 Å². The number of nitrogens with one attached hydrogen (secondary N) is 1. The Hall–Kier alpha value is -0.860. The van der Waals surface area contributed by atoms with Crippen molar-refractivity contribution in [3.63, 3.8) is 0 Å². The van der Waals surface area contributed by atoms with E-state index >= 15 is 0 Å². The Bertz CT molecular complexity index is 347. The molecule has 0 aliphatic rings. The fourth-order valence-corrected chi connectivity index (χ4v) is 1.32. The minimum atomic E-state index is 0. The van der Waals surface area contributed by atoms with Gasteiger partial charge < -0.3 is 20.5 Å². The Kier molecular flexibility index (Phi) is 11.6. The van der Waals surface area contributed by atoms with Crippen LogP contribution < -0.4 is 11.1 Å². The second-order valence-electron chi connectivity index (χ2n) is 3.72. The summed E-state index contributed by atoms with van der Waals surface area (Å²) in [5.74, 6) is 0.429. The molecule has 1 aromatic rings. The summed E-state index contributed by atoms with van der Waals surface area (Å²) in [6, 6.07) is 9.72. The molecule has 0 heterocycles. The zero-order chi connectivity index (χ0) is 13.1. The number of anilines is 1. The number of rotatable bonds is 8. The smallest absolute Gasteiger partial charge is 0.193 e. The van der Waals surface area contributed by atoms with Crippen molar-refractivity contribution in [2.75, 3.05) is 38.8 Å². The number of para-hydroxylation sites is 1. The van der Waals surface area contributed by atoms with E-state index in [1.807, 2.05) is 30.3 Å². The van der Waals surface area contributed by atoms with Gasteiger partial charge in [0.25, 0.3) is 0 Å². The molecule has 19 heavy (non-hydrogen) atoms. The van der Waals surface area contributed by atoms with Crippen LogP contribution in [-0.4, -0.2) is 39.4 Å². The van der Waals surface area contributed by atoms with Gasteiger partial charge in [-0.15, -0.1) is 24.0 Å². The molecule has 0 fully saturated rings. The second-order valence-corrected chi connectivity index (χ2v) is 3.72. The summed E-state index contributed by atoms with van der Waals surface area (Å²) in [7, 11) is 1.66. The van der Waals surface area contributed by atoms with Gasteiger partial charge in [-0.25, -0.2) is 0 Å². The van der Waals surface area contributed by atoms with Gasteiger partial charge in [-0.05, 0) is 18.6 Å². The van der Waals surface area contributed by atoms with Crippen molar-refractivity contribution in [3.8, 4) is 0 Å². The monoisotopic (exact) mass is 379 g/mol. The molecule has 0 aliphatic heterocycles. The summed E-state index contributed by atoms with van der Waals surface area (Å²) >= 11 is 0. The van der Waals surface area contributed by atoms with Gasteiger partial charge in [-0.2, -0.15) is 0 Å². The maximum Gasteiger partial charge on any atom is 0.193 e. The topological polar surface area (TPSA) is 68.9 Å². The van der Waals surface area contributed by atoms with Crippen molar-refractivity contribution in [2.45, 2.75) is 6.42 Å². The third-order valence-electron chi connectivity index (χ3n) is 2.21. The van der Waals surface area contributed by atoms with E-state index in [0.29, 0.717) is 32.3 Å². The molecule has 0 atom stereocenters. The highest BCUT2D eigenvalue weighted by Gasteiger charge is 1.93. The summed E-state index contributed by atoms with van der Waals surface area (Å²) in [5, 5.41) is 3.02. The van der Waals surface area contributed by atoms with E-state index in [0.717, 1.165) is 12.1 Å². The predicted octanol–water partition coefficient (Wildman–Crippen LogP) is 2.08. The van der Waals surface area contributed by atoms with Crippen LogP contribution in [0.15, 0.2) is 35.3 Å². The zero-order valence-corrected chi connectivity index (χ0v) is 13.5. The van der Waals surface area contributed by atoms with Gasteiger partial charge in [0.2, 0.25) is 0 Å². The first-order valence-corrected chi connectivity index (χ1v) is 6.01. The average Bonchev–Trinajstić information content (AvgIpc) is 2.39. The maximum atomic E-state index is 5.75. The van der Waals surface area contributed by atoms with Gasteiger partial charge in [-0.1, -0.05) is 18.2 Å². The van der Waals surface area contributed by atoms with E-state index < -0.39 is 0 Å². The van der Waals surface area contributed by atoms with Crippen molar-refractivity contribution >= 4 is 35.6 Å². The molecule has 0 aromatic heterocycles. The van der Waals surface area contributed by atoms with Crippen LogP contribution in [0.5, 0.6) is 0 Å². The molecule has 0 aliphatic carbocycles. The number of guanidine groups is 1. The highest BCUT2D eigenvalue weighted by atomic mass is 127. The lowest BCUT2D eigenvalue weighted by atomic mass is 10.3. The lowest BCUT2D eigenvalue weighted by Gasteiger charge is -2.05. The van der Waals surface area contributed by atoms with Crippen LogP contribution >= 0.6 is 24.0 Å². The number of nitrogens with zero attached hydrogens (tertiary/aromatic N) is 1. The zero-order valence-electron chi connectivity index (χ0n) is 11.2. The highest BCUT2D eigenvalue weighted by molar-refractivity contribution is 14.0. The van der Waals surface area contributed by atoms with Crippen LogP contribution in [0.25, 0.3) is 0 Å². The van der Waals surface area contributed by atoms with Gasteiger partial charge in [0.15, 0.2) is 5.96 Å². The van der Waals surface area contributed by atoms with Crippen LogP contribution in [0.2, 0.25) is 0 Å². The van der Waals surface area contributed by atoms with Crippen molar-refractivity contribution in [2.24, 2.45) is 10.7 Å². The van der Waals surface area contributed by atoms with Crippen molar-refractivity contribution < 1.29 is 9.47 Å². The van der Waals surface area contributed by atoms with Gasteiger partial charge >= 0.3 is 0 Å². The predicted molar refractivity (Wildman–Crippen MR) is 89.3 cm³/mol. The SMILES string of the molecule is COCCOCCCN=C(N)Nc1ccccc1.I. The van der Waals surface area contributed by atoms with E-state index in [-0.39, 0.29) is 24.0 Å². The summed E-state index contributed by atoms with van der Waals surface area (Å²) in [6.07, 6.45) is 0.848. The van der Waals surface area contributed by atoms with Crippen LogP contribution in [0.3, 0.4) is 0 Å². The third-order valence-corrected chi connectivity index (χ3v) is 2.21. The molecule has 0 amide bonds. The number of hydrogen-bond acceptors (Lipinski definition) is 3. The number of hydrogen-bond donors (Lipinski definition) is 2. The molecule has 0 saturated carbocycles. The summed E-state index contributed by atoms with van der Waals surface area (Å²) < 4.78 is 10.2. The Morgan fingerprint density at radius 3 is 2.63 bits per heavy atom. The third kappa shape index (κ3) is 9.69. The van der Waals surface area contributed by atoms with E-state index in [1.54, 1.807) is 7.11 Å². The first kappa shape index (κ1) is 18.1. The quantitative estimate of drug-likeness (QED) is 0.314. The minimum Gasteiger partial charge on any atom is -0.382 e. The molecule has 1 rings (SSSR count). The molecule has 5 nitrogen and oxygen atoms in total. The Morgan fingerprint density at radius 2 is 1.95 bits per heavy atom. The Balaban J connectivity index is 0.00000324. The van der Waals surface area contributed by atoms with Crippen molar-refractivity contribution in [1.82, 2.24) is 0 Å². The number of ether oxygens (including phenoxy) is 2. The van der Waals surface area contributed by atoms with Crippen LogP contribution in [0.1, 0.15) is 6.42 Å². The van der Waals surface area contributed by atoms with Crippen molar-refractivity contribution in [1.29, 1.82) is 0 Å². The van der Waals surface area contributed by atoms with Crippen molar-refractivity contribution in [3.05, 3.63) is 30.3 Å². The molecule has 3 N–H and O–H groups in total. The average molecular weight is 379 g/mol. The van der Waals surface area contributed by atoms with Crippen LogP contribution in [0, 0.1) is 0 Å². The maximum absolute atomic E-state index is 5.75. The van der Waals surface area contributed by atoms with E-state index in [4.69, 9.17) is 15.2 Å². The minimum absolute atomic E-state index is 0. The molecule has 108 valence electrons. The lowest BCUT2D eigenvalue weighted by molar-refractivity contribution is 0.0702. The molecule has 1 aromatic carbocycles. The lowest BCUT2D eigenvalue weighted by Crippen LogP contribution is -2.22. The molecule has 0 radical (unpaired) electrons. The number of benzene rings is 1. The largest absolute Gasteiger partial charge is 0.382 e. The number of methoxy groups -OCH3 is 1. The summed E-state index contributed by atoms with van der Waals surface area (Å²) in [6.45, 7) is 2.57. The molecule has 6 heteroatoms. The normalized spacial score (nSPS) is 10.9. The van der Waals surface area contributed by atoms with E-state index in [9.17, 15) is 0 Å². The van der Waals surface area contributed by atoms with Gasteiger partial charge in [0, 0.05) is 25.9 Å². The Morgan fingerprint density at radius 1 is 1.21 bits per heavy atom. The first-order valence-electron chi connectivity index (χ1n) is 6.01. The molecule has 0 unspecified atom stereocenters. The first-order chi connectivity index (χ1) is 8.83. The fraction of sp³-hybridized carbons (Fsp3) is 0.462. The number of nitrogens with two attached hydrogens (primary N) is 1. The summed E-state index contributed by atoms with van der Waals surface area (Å²) in [4.78, 5) is 4.21. The fourth-order valence-electron chi connectivity index (χ4n) is 1.32. The highest BCUT2D eigenvalue weighted by Crippen LogP contribution is 2.03. The van der Waals surface area contributed by atoms with E-state index in [2.05, 4.69) is 10.3 Å². The standard InChI is InChI=1S/C13H21N3O2.HI/c1-17-10-11-18-9-5-8-15-13(14)16-12-6-3-2-4-7-12;/h2-4,6-7H,5,8-11H2,1H3,(H3,14,15,16);1H. The Labute approximate surface area is 131 Å². The van der Waals surface area contributed by atoms with Gasteiger partial charge in [-0.3, -0.25) is 4.99 Å². The molecule has 0 bridgehead atoms. The second kappa shape index (κ2) is 12.2. The van der Waals surface area contributed by atoms with Gasteiger partial charge in [0.1, 0.15) is 0 Å². The molecular weight excluding hydrogens is 357 g/mol. The summed E-state index contributed by atoms with van der Waals surface area (Å²) in [5.41, 5.74) is 6.69. The number of halogens is 1. The molecule has 0 saturated heterocycles. The van der Waals surface area contributed by atoms with Gasteiger partial charge in [0.05, 0.1) is 13.2 Å². The molecular formula is C13H22IN3O2. The van der Waals surface area contributed by atoms with Crippen LogP contribution in [0.4, 0.5) is 5.69 Å². The number of aliphatic imine (C=N–C) groups is 1.